The molecule has 5 nitrogen and oxygen atoms in total. The minimum atomic E-state index is -0.379. The molecule has 0 radical (unpaired) electrons. The summed E-state index contributed by atoms with van der Waals surface area (Å²) in [7, 11) is 1.35. The molecule has 0 unspecified atom stereocenters. The predicted octanol–water partition coefficient (Wildman–Crippen LogP) is 1.97. The summed E-state index contributed by atoms with van der Waals surface area (Å²) in [5.41, 5.74) is 0.442. The van der Waals surface area contributed by atoms with Gasteiger partial charge in [-0.25, -0.2) is 4.79 Å². The Morgan fingerprint density at radius 3 is 2.94 bits per heavy atom. The van der Waals surface area contributed by atoms with E-state index in [1.165, 1.54) is 13.4 Å². The smallest absolute Gasteiger partial charge is 0.341 e. The maximum atomic E-state index is 11.2. The van der Waals surface area contributed by atoms with E-state index in [1.54, 1.807) is 6.07 Å². The number of hydrogen-bond acceptors (Lipinski definition) is 5. The summed E-state index contributed by atoms with van der Waals surface area (Å²) < 4.78 is 15.3. The van der Waals surface area contributed by atoms with Gasteiger partial charge in [-0.05, 0) is 32.9 Å². The number of ether oxygens (including phenoxy) is 2. The molecule has 1 heterocycles. The van der Waals surface area contributed by atoms with Crippen LogP contribution in [0.3, 0.4) is 0 Å². The summed E-state index contributed by atoms with van der Waals surface area (Å²) in [6, 6.07) is 1.68. The van der Waals surface area contributed by atoms with E-state index in [0.29, 0.717) is 12.1 Å². The van der Waals surface area contributed by atoms with Crippen molar-refractivity contribution in [2.24, 2.45) is 0 Å². The highest BCUT2D eigenvalue weighted by Crippen LogP contribution is 2.08. The molecule has 1 N–H and O–H groups in total. The number of esters is 1. The molecule has 102 valence electrons. The van der Waals surface area contributed by atoms with Crippen molar-refractivity contribution in [3.05, 3.63) is 23.7 Å². The molecule has 1 rings (SSSR count). The topological polar surface area (TPSA) is 60.7 Å². The Morgan fingerprint density at radius 1 is 1.50 bits per heavy atom. The first-order valence-corrected chi connectivity index (χ1v) is 6.11. The lowest BCUT2D eigenvalue weighted by atomic mass is 10.3. The van der Waals surface area contributed by atoms with Gasteiger partial charge in [0.15, 0.2) is 0 Å². The molecule has 0 amide bonds. The van der Waals surface area contributed by atoms with Crippen LogP contribution in [0.25, 0.3) is 0 Å². The first kappa shape index (κ1) is 14.7. The van der Waals surface area contributed by atoms with Crippen molar-refractivity contribution in [2.45, 2.75) is 32.9 Å². The van der Waals surface area contributed by atoms with Crippen molar-refractivity contribution in [2.75, 3.05) is 20.3 Å². The standard InChI is InChI=1S/C13H21NO4/c1-10(2)17-6-4-5-14-8-12-7-11(9-18-12)13(15)16-3/h7,9-10,14H,4-6,8H2,1-3H3. The van der Waals surface area contributed by atoms with Crippen LogP contribution in [0.2, 0.25) is 0 Å². The van der Waals surface area contributed by atoms with E-state index < -0.39 is 0 Å². The van der Waals surface area contributed by atoms with E-state index in [-0.39, 0.29) is 12.1 Å². The second-order valence-corrected chi connectivity index (χ2v) is 4.24. The number of rotatable bonds is 8. The molecular weight excluding hydrogens is 234 g/mol. The van der Waals surface area contributed by atoms with Gasteiger partial charge < -0.3 is 19.2 Å². The zero-order valence-electron chi connectivity index (χ0n) is 11.2. The van der Waals surface area contributed by atoms with Crippen LogP contribution in [-0.4, -0.2) is 32.3 Å². The fraction of sp³-hybridized carbons (Fsp3) is 0.615. The second-order valence-electron chi connectivity index (χ2n) is 4.24. The van der Waals surface area contributed by atoms with Crippen molar-refractivity contribution >= 4 is 5.97 Å². The van der Waals surface area contributed by atoms with Crippen molar-refractivity contribution in [1.29, 1.82) is 0 Å². The summed E-state index contributed by atoms with van der Waals surface area (Å²) in [6.45, 7) is 6.23. The fourth-order valence-electron chi connectivity index (χ4n) is 1.43. The number of carbonyl (C=O) groups excluding carboxylic acids is 1. The van der Waals surface area contributed by atoms with Gasteiger partial charge in [0.1, 0.15) is 12.0 Å². The first-order chi connectivity index (χ1) is 8.63. The summed E-state index contributed by atoms with van der Waals surface area (Å²) in [5.74, 6) is 0.343. The molecule has 0 aliphatic carbocycles. The van der Waals surface area contributed by atoms with E-state index in [9.17, 15) is 4.79 Å². The van der Waals surface area contributed by atoms with Crippen LogP contribution in [0.5, 0.6) is 0 Å². The van der Waals surface area contributed by atoms with Gasteiger partial charge in [0.25, 0.3) is 0 Å². The molecule has 0 fully saturated rings. The van der Waals surface area contributed by atoms with Gasteiger partial charge in [0, 0.05) is 6.61 Å². The molecule has 1 aromatic rings. The van der Waals surface area contributed by atoms with E-state index in [0.717, 1.165) is 25.3 Å². The van der Waals surface area contributed by atoms with E-state index >= 15 is 0 Å². The molecule has 0 saturated carbocycles. The third kappa shape index (κ3) is 5.33. The van der Waals surface area contributed by atoms with Crippen LogP contribution in [0.15, 0.2) is 16.7 Å². The summed E-state index contributed by atoms with van der Waals surface area (Å²) in [4.78, 5) is 11.2. The summed E-state index contributed by atoms with van der Waals surface area (Å²) in [5, 5.41) is 3.22. The van der Waals surface area contributed by atoms with Crippen LogP contribution < -0.4 is 5.32 Å². The normalized spacial score (nSPS) is 10.9. The van der Waals surface area contributed by atoms with Crippen LogP contribution in [0, 0.1) is 0 Å². The monoisotopic (exact) mass is 255 g/mol. The second kappa shape index (κ2) is 7.89. The lowest BCUT2D eigenvalue weighted by Gasteiger charge is -2.07. The first-order valence-electron chi connectivity index (χ1n) is 6.11. The van der Waals surface area contributed by atoms with Crippen molar-refractivity contribution in [3.63, 3.8) is 0 Å². The maximum absolute atomic E-state index is 11.2. The van der Waals surface area contributed by atoms with Gasteiger partial charge in [-0.3, -0.25) is 0 Å². The quantitative estimate of drug-likeness (QED) is 0.568. The lowest BCUT2D eigenvalue weighted by molar-refractivity contribution is 0.0600. The molecule has 0 aliphatic rings. The number of carbonyl (C=O) groups is 1. The van der Waals surface area contributed by atoms with Crippen LogP contribution in [-0.2, 0) is 16.0 Å². The molecule has 0 saturated heterocycles. The van der Waals surface area contributed by atoms with Gasteiger partial charge in [0.05, 0.1) is 25.3 Å². The highest BCUT2D eigenvalue weighted by molar-refractivity contribution is 5.88. The molecule has 0 spiro atoms. The third-order valence-corrected chi connectivity index (χ3v) is 2.32. The molecule has 0 bridgehead atoms. The number of hydrogen-bond donors (Lipinski definition) is 1. The molecule has 0 aliphatic heterocycles. The maximum Gasteiger partial charge on any atom is 0.341 e. The molecule has 0 aromatic carbocycles. The Labute approximate surface area is 107 Å². The lowest BCUT2D eigenvalue weighted by Crippen LogP contribution is -2.17. The van der Waals surface area contributed by atoms with E-state index in [2.05, 4.69) is 10.1 Å². The minimum Gasteiger partial charge on any atom is -0.467 e. The van der Waals surface area contributed by atoms with Gasteiger partial charge in [-0.1, -0.05) is 0 Å². The molecule has 0 atom stereocenters. The van der Waals surface area contributed by atoms with Crippen molar-refractivity contribution < 1.29 is 18.7 Å². The fourth-order valence-corrected chi connectivity index (χ4v) is 1.43. The van der Waals surface area contributed by atoms with Crippen LogP contribution >= 0.6 is 0 Å². The molecule has 18 heavy (non-hydrogen) atoms. The Morgan fingerprint density at radius 2 is 2.28 bits per heavy atom. The summed E-state index contributed by atoms with van der Waals surface area (Å²) >= 11 is 0. The van der Waals surface area contributed by atoms with Crippen LogP contribution in [0.1, 0.15) is 36.4 Å². The van der Waals surface area contributed by atoms with Crippen LogP contribution in [0.4, 0.5) is 0 Å². The number of nitrogens with one attached hydrogen (secondary N) is 1. The Kier molecular flexibility index (Phi) is 6.46. The van der Waals surface area contributed by atoms with Crippen molar-refractivity contribution in [3.8, 4) is 0 Å². The Bertz CT molecular complexity index is 360. The largest absolute Gasteiger partial charge is 0.467 e. The van der Waals surface area contributed by atoms with Crippen molar-refractivity contribution in [1.82, 2.24) is 5.32 Å². The summed E-state index contributed by atoms with van der Waals surface area (Å²) in [6.07, 6.45) is 2.63. The SMILES string of the molecule is COC(=O)c1coc(CNCCCOC(C)C)c1. The number of furan rings is 1. The molecular formula is C13H21NO4. The average Bonchev–Trinajstić information content (AvgIpc) is 2.81. The van der Waals surface area contributed by atoms with E-state index in [1.807, 2.05) is 13.8 Å². The average molecular weight is 255 g/mol. The van der Waals surface area contributed by atoms with E-state index in [4.69, 9.17) is 9.15 Å². The minimum absolute atomic E-state index is 0.276. The van der Waals surface area contributed by atoms with Gasteiger partial charge in [-0.15, -0.1) is 0 Å². The van der Waals surface area contributed by atoms with Gasteiger partial charge >= 0.3 is 5.97 Å². The van der Waals surface area contributed by atoms with Gasteiger partial charge in [-0.2, -0.15) is 0 Å². The zero-order chi connectivity index (χ0) is 13.4. The third-order valence-electron chi connectivity index (χ3n) is 2.32. The van der Waals surface area contributed by atoms with Gasteiger partial charge in [0.2, 0.25) is 0 Å². The predicted molar refractivity (Wildman–Crippen MR) is 67.5 cm³/mol. The highest BCUT2D eigenvalue weighted by atomic mass is 16.5. The number of methoxy groups -OCH3 is 1. The zero-order valence-corrected chi connectivity index (χ0v) is 11.2. The Balaban J connectivity index is 2.16. The molecule has 1 aromatic heterocycles. The highest BCUT2D eigenvalue weighted by Gasteiger charge is 2.09. The Hall–Kier alpha value is -1.33. The molecule has 5 heteroatoms.